The standard InChI is InChI=1S/C13H19N3O2/c14-10-13-5-3-12(4-6-13)2-1-8-16(11-17)9-7-15-18/h3-6,11H,1-2,7-10,14H2. The van der Waals surface area contributed by atoms with Crippen LogP contribution in [0.1, 0.15) is 17.5 Å². The van der Waals surface area contributed by atoms with Gasteiger partial charge >= 0.3 is 0 Å². The van der Waals surface area contributed by atoms with E-state index in [1.165, 1.54) is 5.56 Å². The van der Waals surface area contributed by atoms with Crippen LogP contribution in [0.3, 0.4) is 0 Å². The normalized spacial score (nSPS) is 10.1. The summed E-state index contributed by atoms with van der Waals surface area (Å²) in [5.41, 5.74) is 7.87. The minimum Gasteiger partial charge on any atom is -0.343 e. The summed E-state index contributed by atoms with van der Waals surface area (Å²) < 4.78 is 0. The number of carbonyl (C=O) groups is 1. The molecule has 18 heavy (non-hydrogen) atoms. The van der Waals surface area contributed by atoms with Crippen molar-refractivity contribution in [1.29, 1.82) is 0 Å². The molecule has 0 aliphatic carbocycles. The van der Waals surface area contributed by atoms with Crippen molar-refractivity contribution in [3.63, 3.8) is 0 Å². The average molecular weight is 249 g/mol. The van der Waals surface area contributed by atoms with Gasteiger partial charge in [-0.1, -0.05) is 29.4 Å². The van der Waals surface area contributed by atoms with E-state index >= 15 is 0 Å². The predicted molar refractivity (Wildman–Crippen MR) is 71.0 cm³/mol. The summed E-state index contributed by atoms with van der Waals surface area (Å²) >= 11 is 0. The number of nitroso groups, excluding NO2 is 1. The second-order valence-electron chi connectivity index (χ2n) is 4.12. The second-order valence-corrected chi connectivity index (χ2v) is 4.12. The van der Waals surface area contributed by atoms with Gasteiger partial charge in [-0.15, -0.1) is 0 Å². The van der Waals surface area contributed by atoms with Crippen molar-refractivity contribution in [2.75, 3.05) is 19.6 Å². The quantitative estimate of drug-likeness (QED) is 0.529. The number of aryl methyl sites for hydroxylation is 1. The highest BCUT2D eigenvalue weighted by Gasteiger charge is 2.01. The van der Waals surface area contributed by atoms with E-state index in [1.807, 2.05) is 12.1 Å². The third-order valence-corrected chi connectivity index (χ3v) is 2.80. The van der Waals surface area contributed by atoms with E-state index < -0.39 is 0 Å². The summed E-state index contributed by atoms with van der Waals surface area (Å²) in [6.07, 6.45) is 2.55. The average Bonchev–Trinajstić information content (AvgIpc) is 2.43. The molecule has 0 fully saturated rings. The Morgan fingerprint density at radius 3 is 2.39 bits per heavy atom. The molecule has 98 valence electrons. The van der Waals surface area contributed by atoms with Crippen LogP contribution in [0, 0.1) is 4.91 Å². The number of amides is 1. The molecule has 0 unspecified atom stereocenters. The summed E-state index contributed by atoms with van der Waals surface area (Å²) in [7, 11) is 0. The second kappa shape index (κ2) is 8.36. The molecule has 1 rings (SSSR count). The molecule has 1 aromatic carbocycles. The van der Waals surface area contributed by atoms with Crippen molar-refractivity contribution in [1.82, 2.24) is 4.90 Å². The highest BCUT2D eigenvalue weighted by atomic mass is 16.3. The van der Waals surface area contributed by atoms with E-state index in [1.54, 1.807) is 4.90 Å². The molecule has 1 aromatic rings. The molecule has 5 nitrogen and oxygen atoms in total. The first-order chi connectivity index (χ1) is 8.80. The van der Waals surface area contributed by atoms with Crippen LogP contribution in [-0.4, -0.2) is 30.9 Å². The Kier molecular flexibility index (Phi) is 6.64. The van der Waals surface area contributed by atoms with Gasteiger partial charge in [0.1, 0.15) is 0 Å². The molecule has 0 aromatic heterocycles. The monoisotopic (exact) mass is 249 g/mol. The number of nitrogens with zero attached hydrogens (tertiary/aromatic N) is 2. The molecule has 0 bridgehead atoms. The van der Waals surface area contributed by atoms with E-state index in [2.05, 4.69) is 17.3 Å². The number of hydrogen-bond donors (Lipinski definition) is 1. The molecule has 0 atom stereocenters. The van der Waals surface area contributed by atoms with Gasteiger partial charge in [0.05, 0.1) is 6.54 Å². The predicted octanol–water partition coefficient (Wildman–Crippen LogP) is 1.30. The fourth-order valence-electron chi connectivity index (χ4n) is 1.71. The SMILES string of the molecule is NCc1ccc(CCCN(C=O)CCN=O)cc1. The molecule has 0 spiro atoms. The van der Waals surface area contributed by atoms with E-state index in [0.717, 1.165) is 24.8 Å². The summed E-state index contributed by atoms with van der Waals surface area (Å²) in [5, 5.41) is 2.75. The highest BCUT2D eigenvalue weighted by Crippen LogP contribution is 2.06. The van der Waals surface area contributed by atoms with Gasteiger partial charge in [-0.25, -0.2) is 0 Å². The molecule has 1 amide bonds. The zero-order valence-electron chi connectivity index (χ0n) is 10.4. The van der Waals surface area contributed by atoms with Crippen LogP contribution in [0.15, 0.2) is 29.4 Å². The Morgan fingerprint density at radius 2 is 1.83 bits per heavy atom. The summed E-state index contributed by atoms with van der Waals surface area (Å²) in [6, 6.07) is 8.15. The Morgan fingerprint density at radius 1 is 1.17 bits per heavy atom. The van der Waals surface area contributed by atoms with Crippen molar-refractivity contribution >= 4 is 6.41 Å². The zero-order chi connectivity index (χ0) is 13.2. The van der Waals surface area contributed by atoms with Gasteiger partial charge in [-0.05, 0) is 24.0 Å². The lowest BCUT2D eigenvalue weighted by Gasteiger charge is -2.15. The number of hydrogen-bond acceptors (Lipinski definition) is 4. The molecule has 0 saturated carbocycles. The fourth-order valence-corrected chi connectivity index (χ4v) is 1.71. The number of carbonyl (C=O) groups excluding carboxylic acids is 1. The maximum absolute atomic E-state index is 10.7. The molecule has 0 aliphatic rings. The minimum atomic E-state index is 0.157. The van der Waals surface area contributed by atoms with Crippen LogP contribution in [-0.2, 0) is 17.8 Å². The lowest BCUT2D eigenvalue weighted by molar-refractivity contribution is -0.118. The van der Waals surface area contributed by atoms with E-state index in [9.17, 15) is 9.70 Å². The Bertz CT molecular complexity index is 365. The van der Waals surface area contributed by atoms with Crippen LogP contribution < -0.4 is 5.73 Å². The lowest BCUT2D eigenvalue weighted by Crippen LogP contribution is -2.26. The molecular weight excluding hydrogens is 230 g/mol. The topological polar surface area (TPSA) is 75.8 Å². The number of nitrogens with two attached hydrogens (primary N) is 1. The first-order valence-electron chi connectivity index (χ1n) is 6.06. The van der Waals surface area contributed by atoms with Gasteiger partial charge in [-0.2, -0.15) is 4.91 Å². The first-order valence-corrected chi connectivity index (χ1v) is 6.06. The largest absolute Gasteiger partial charge is 0.343 e. The number of benzene rings is 1. The third kappa shape index (κ3) is 5.05. The smallest absolute Gasteiger partial charge is 0.209 e. The van der Waals surface area contributed by atoms with Gasteiger partial charge in [0, 0.05) is 19.6 Å². The van der Waals surface area contributed by atoms with E-state index in [0.29, 0.717) is 19.6 Å². The number of rotatable bonds is 9. The van der Waals surface area contributed by atoms with Crippen LogP contribution in [0.25, 0.3) is 0 Å². The molecule has 0 radical (unpaired) electrons. The van der Waals surface area contributed by atoms with Gasteiger partial charge in [0.2, 0.25) is 6.41 Å². The maximum atomic E-state index is 10.7. The van der Waals surface area contributed by atoms with E-state index in [-0.39, 0.29) is 6.54 Å². The molecular formula is C13H19N3O2. The van der Waals surface area contributed by atoms with Gasteiger partial charge in [0.25, 0.3) is 0 Å². The molecule has 0 saturated heterocycles. The third-order valence-electron chi connectivity index (χ3n) is 2.80. The van der Waals surface area contributed by atoms with Crippen LogP contribution in [0.2, 0.25) is 0 Å². The van der Waals surface area contributed by atoms with Crippen LogP contribution in [0.4, 0.5) is 0 Å². The van der Waals surface area contributed by atoms with Crippen molar-refractivity contribution in [2.45, 2.75) is 19.4 Å². The molecule has 0 heterocycles. The van der Waals surface area contributed by atoms with E-state index in [4.69, 9.17) is 5.73 Å². The van der Waals surface area contributed by atoms with Crippen LogP contribution >= 0.6 is 0 Å². The van der Waals surface area contributed by atoms with Crippen molar-refractivity contribution in [3.8, 4) is 0 Å². The molecule has 2 N–H and O–H groups in total. The summed E-state index contributed by atoms with van der Waals surface area (Å²) in [4.78, 5) is 22.3. The zero-order valence-corrected chi connectivity index (χ0v) is 10.4. The Hall–Kier alpha value is -1.75. The molecule has 0 aliphatic heterocycles. The van der Waals surface area contributed by atoms with Gasteiger partial charge in [-0.3, -0.25) is 4.79 Å². The van der Waals surface area contributed by atoms with Crippen molar-refractivity contribution in [2.24, 2.45) is 10.9 Å². The summed E-state index contributed by atoms with van der Waals surface area (Å²) in [6.45, 7) is 1.76. The minimum absolute atomic E-state index is 0.157. The highest BCUT2D eigenvalue weighted by molar-refractivity contribution is 5.46. The van der Waals surface area contributed by atoms with Gasteiger partial charge < -0.3 is 10.6 Å². The van der Waals surface area contributed by atoms with Gasteiger partial charge in [0.15, 0.2) is 0 Å². The lowest BCUT2D eigenvalue weighted by atomic mass is 10.1. The first kappa shape index (κ1) is 14.3. The fraction of sp³-hybridized carbons (Fsp3) is 0.462. The maximum Gasteiger partial charge on any atom is 0.209 e. The Balaban J connectivity index is 2.30. The van der Waals surface area contributed by atoms with Crippen LogP contribution in [0.5, 0.6) is 0 Å². The molecule has 5 heteroatoms. The van der Waals surface area contributed by atoms with Crippen molar-refractivity contribution in [3.05, 3.63) is 40.3 Å². The van der Waals surface area contributed by atoms with Crippen molar-refractivity contribution < 1.29 is 4.79 Å². The Labute approximate surface area is 107 Å². The summed E-state index contributed by atoms with van der Waals surface area (Å²) in [5.74, 6) is 0.